The van der Waals surface area contributed by atoms with Crippen LogP contribution >= 0.6 is 0 Å². The standard InChI is InChI=1S/C14H15N3O/c1-17(14(18)16-15)13-9-7-12(8-10-13)11-5-3-2-4-6-11/h2-10H,15H2,1H3,(H,16,18). The number of carbonyl (C=O) groups excluding carboxylic acids is 1. The van der Waals surface area contributed by atoms with Crippen molar-refractivity contribution in [1.82, 2.24) is 5.43 Å². The van der Waals surface area contributed by atoms with Crippen LogP contribution in [0.3, 0.4) is 0 Å². The number of nitrogens with zero attached hydrogens (tertiary/aromatic N) is 1. The second-order valence-corrected chi connectivity index (χ2v) is 3.92. The molecule has 92 valence electrons. The lowest BCUT2D eigenvalue weighted by Crippen LogP contribution is -2.41. The van der Waals surface area contributed by atoms with E-state index in [-0.39, 0.29) is 6.03 Å². The Morgan fingerprint density at radius 2 is 1.56 bits per heavy atom. The SMILES string of the molecule is CN(C(=O)NN)c1ccc(-c2ccccc2)cc1. The second kappa shape index (κ2) is 5.33. The first-order valence-corrected chi connectivity index (χ1v) is 5.62. The Morgan fingerprint density at radius 3 is 2.11 bits per heavy atom. The molecule has 0 spiro atoms. The molecule has 18 heavy (non-hydrogen) atoms. The zero-order valence-corrected chi connectivity index (χ0v) is 10.1. The predicted molar refractivity (Wildman–Crippen MR) is 73.0 cm³/mol. The van der Waals surface area contributed by atoms with Gasteiger partial charge in [-0.15, -0.1) is 0 Å². The van der Waals surface area contributed by atoms with Gasteiger partial charge in [-0.2, -0.15) is 0 Å². The molecule has 4 heteroatoms. The molecule has 2 aromatic carbocycles. The van der Waals surface area contributed by atoms with Gasteiger partial charge in [0.05, 0.1) is 0 Å². The molecule has 0 radical (unpaired) electrons. The average molecular weight is 241 g/mol. The molecule has 3 N–H and O–H groups in total. The number of hydrogen-bond donors (Lipinski definition) is 2. The van der Waals surface area contributed by atoms with Crippen LogP contribution in [0.1, 0.15) is 0 Å². The van der Waals surface area contributed by atoms with E-state index in [9.17, 15) is 4.79 Å². The number of nitrogens with two attached hydrogens (primary N) is 1. The Labute approximate surface area is 106 Å². The molecule has 0 heterocycles. The van der Waals surface area contributed by atoms with Crippen molar-refractivity contribution in [3.05, 3.63) is 54.6 Å². The van der Waals surface area contributed by atoms with E-state index in [2.05, 4.69) is 5.43 Å². The van der Waals surface area contributed by atoms with Crippen molar-refractivity contribution in [2.75, 3.05) is 11.9 Å². The van der Waals surface area contributed by atoms with Gasteiger partial charge in [-0.3, -0.25) is 10.3 Å². The predicted octanol–water partition coefficient (Wildman–Crippen LogP) is 2.37. The topological polar surface area (TPSA) is 58.4 Å². The summed E-state index contributed by atoms with van der Waals surface area (Å²) in [5.74, 6) is 5.09. The van der Waals surface area contributed by atoms with Crippen molar-refractivity contribution in [2.24, 2.45) is 5.84 Å². The number of anilines is 1. The molecule has 0 atom stereocenters. The van der Waals surface area contributed by atoms with E-state index < -0.39 is 0 Å². The van der Waals surface area contributed by atoms with Crippen molar-refractivity contribution in [2.45, 2.75) is 0 Å². The number of urea groups is 1. The lowest BCUT2D eigenvalue weighted by molar-refractivity contribution is 0.247. The molecule has 2 aromatic rings. The summed E-state index contributed by atoms with van der Waals surface area (Å²) < 4.78 is 0. The third-order valence-electron chi connectivity index (χ3n) is 2.79. The van der Waals surface area contributed by atoms with Gasteiger partial charge in [-0.25, -0.2) is 10.6 Å². The maximum atomic E-state index is 11.4. The number of nitrogens with one attached hydrogen (secondary N) is 1. The number of rotatable bonds is 2. The Morgan fingerprint density at radius 1 is 1.00 bits per heavy atom. The number of hydrazine groups is 1. The fourth-order valence-electron chi connectivity index (χ4n) is 1.72. The molecule has 0 aromatic heterocycles. The molecule has 0 bridgehead atoms. The third kappa shape index (κ3) is 2.49. The number of carbonyl (C=O) groups is 1. The van der Waals surface area contributed by atoms with Crippen LogP contribution < -0.4 is 16.2 Å². The fourth-order valence-corrected chi connectivity index (χ4v) is 1.72. The van der Waals surface area contributed by atoms with Gasteiger partial charge in [0.25, 0.3) is 0 Å². The number of hydrogen-bond acceptors (Lipinski definition) is 2. The molecule has 0 aliphatic rings. The Kier molecular flexibility index (Phi) is 3.60. The monoisotopic (exact) mass is 241 g/mol. The van der Waals surface area contributed by atoms with Crippen LogP contribution in [0.4, 0.5) is 10.5 Å². The highest BCUT2D eigenvalue weighted by molar-refractivity contribution is 5.91. The zero-order valence-electron chi connectivity index (χ0n) is 10.1. The van der Waals surface area contributed by atoms with E-state index in [1.165, 1.54) is 4.90 Å². The summed E-state index contributed by atoms with van der Waals surface area (Å²) in [5.41, 5.74) is 5.15. The first kappa shape index (κ1) is 12.1. The van der Waals surface area contributed by atoms with Crippen molar-refractivity contribution in [3.8, 4) is 11.1 Å². The first-order chi connectivity index (χ1) is 8.72. The van der Waals surface area contributed by atoms with E-state index in [0.29, 0.717) is 0 Å². The molecule has 2 amide bonds. The third-order valence-corrected chi connectivity index (χ3v) is 2.79. The Hall–Kier alpha value is -2.33. The van der Waals surface area contributed by atoms with Crippen molar-refractivity contribution in [1.29, 1.82) is 0 Å². The lowest BCUT2D eigenvalue weighted by atomic mass is 10.1. The zero-order chi connectivity index (χ0) is 13.0. The molecule has 0 aliphatic carbocycles. The van der Waals surface area contributed by atoms with E-state index >= 15 is 0 Å². The lowest BCUT2D eigenvalue weighted by Gasteiger charge is -2.16. The van der Waals surface area contributed by atoms with Crippen LogP contribution in [-0.2, 0) is 0 Å². The summed E-state index contributed by atoms with van der Waals surface area (Å²) in [7, 11) is 1.67. The summed E-state index contributed by atoms with van der Waals surface area (Å²) in [6, 6.07) is 17.5. The van der Waals surface area contributed by atoms with Crippen molar-refractivity contribution < 1.29 is 4.79 Å². The van der Waals surface area contributed by atoms with Gasteiger partial charge >= 0.3 is 6.03 Å². The summed E-state index contributed by atoms with van der Waals surface area (Å²) in [6.07, 6.45) is 0. The van der Waals surface area contributed by atoms with Gasteiger partial charge in [0.1, 0.15) is 0 Å². The summed E-state index contributed by atoms with van der Waals surface area (Å²) >= 11 is 0. The molecule has 0 saturated carbocycles. The maximum absolute atomic E-state index is 11.4. The molecule has 0 saturated heterocycles. The number of benzene rings is 2. The normalized spacial score (nSPS) is 9.89. The van der Waals surface area contributed by atoms with Crippen molar-refractivity contribution >= 4 is 11.7 Å². The van der Waals surface area contributed by atoms with Crippen LogP contribution in [-0.4, -0.2) is 13.1 Å². The Balaban J connectivity index is 2.23. The summed E-state index contributed by atoms with van der Waals surface area (Å²) in [5, 5.41) is 0. The van der Waals surface area contributed by atoms with Gasteiger partial charge in [-0.05, 0) is 23.3 Å². The van der Waals surface area contributed by atoms with E-state index in [0.717, 1.165) is 16.8 Å². The highest BCUT2D eigenvalue weighted by Crippen LogP contribution is 2.22. The smallest absolute Gasteiger partial charge is 0.296 e. The summed E-state index contributed by atoms with van der Waals surface area (Å²) in [6.45, 7) is 0. The van der Waals surface area contributed by atoms with Gasteiger partial charge in [-0.1, -0.05) is 42.5 Å². The highest BCUT2D eigenvalue weighted by Gasteiger charge is 2.08. The van der Waals surface area contributed by atoms with E-state index in [4.69, 9.17) is 5.84 Å². The molecule has 0 aliphatic heterocycles. The molecule has 0 fully saturated rings. The Bertz CT molecular complexity index is 522. The van der Waals surface area contributed by atoms with Crippen LogP contribution in [0.25, 0.3) is 11.1 Å². The minimum Gasteiger partial charge on any atom is -0.296 e. The van der Waals surface area contributed by atoms with Gasteiger partial charge in [0, 0.05) is 12.7 Å². The van der Waals surface area contributed by atoms with E-state index in [1.54, 1.807) is 7.05 Å². The van der Waals surface area contributed by atoms with E-state index in [1.807, 2.05) is 54.6 Å². The van der Waals surface area contributed by atoms with Gasteiger partial charge < -0.3 is 0 Å². The minimum absolute atomic E-state index is 0.345. The molecule has 4 nitrogen and oxygen atoms in total. The van der Waals surface area contributed by atoms with Gasteiger partial charge in [0.2, 0.25) is 0 Å². The first-order valence-electron chi connectivity index (χ1n) is 5.62. The highest BCUT2D eigenvalue weighted by atomic mass is 16.2. The fraction of sp³-hybridized carbons (Fsp3) is 0.0714. The summed E-state index contributed by atoms with van der Waals surface area (Å²) in [4.78, 5) is 12.8. The van der Waals surface area contributed by atoms with Crippen LogP contribution in [0.15, 0.2) is 54.6 Å². The maximum Gasteiger partial charge on any atom is 0.335 e. The largest absolute Gasteiger partial charge is 0.335 e. The molecular formula is C14H15N3O. The van der Waals surface area contributed by atoms with Crippen LogP contribution in [0, 0.1) is 0 Å². The molecule has 2 rings (SSSR count). The quantitative estimate of drug-likeness (QED) is 0.482. The van der Waals surface area contributed by atoms with Crippen LogP contribution in [0.2, 0.25) is 0 Å². The molecular weight excluding hydrogens is 226 g/mol. The average Bonchev–Trinajstić information content (AvgIpc) is 2.47. The molecule has 0 unspecified atom stereocenters. The van der Waals surface area contributed by atoms with Crippen LogP contribution in [0.5, 0.6) is 0 Å². The number of amides is 2. The minimum atomic E-state index is -0.345. The van der Waals surface area contributed by atoms with Gasteiger partial charge in [0.15, 0.2) is 0 Å². The van der Waals surface area contributed by atoms with Crippen molar-refractivity contribution in [3.63, 3.8) is 0 Å². The second-order valence-electron chi connectivity index (χ2n) is 3.92.